The van der Waals surface area contributed by atoms with Gasteiger partial charge in [0.15, 0.2) is 6.29 Å². The fraction of sp³-hybridized carbons (Fsp3) is 0.885. The molecule has 0 aromatic rings. The molecule has 0 bridgehead atoms. The van der Waals surface area contributed by atoms with Crippen molar-refractivity contribution in [3.05, 3.63) is 12.2 Å². The number of rotatable bonds is 19. The van der Waals surface area contributed by atoms with E-state index in [1.54, 1.807) is 6.92 Å². The third kappa shape index (κ3) is 13.2. The van der Waals surface area contributed by atoms with E-state index in [0.29, 0.717) is 12.8 Å². The second-order valence-corrected chi connectivity index (χ2v) is 9.22. The number of esters is 1. The molecule has 200 valence electrons. The molecule has 2 unspecified atom stereocenters. The number of hydrogen-bond acceptors (Lipinski definition) is 8. The van der Waals surface area contributed by atoms with Gasteiger partial charge in [-0.25, -0.2) is 0 Å². The molecule has 1 fully saturated rings. The van der Waals surface area contributed by atoms with Gasteiger partial charge in [0.1, 0.15) is 31.0 Å². The molecular formula is C26H48O8. The Hall–Kier alpha value is -1.03. The van der Waals surface area contributed by atoms with E-state index >= 15 is 0 Å². The lowest BCUT2D eigenvalue weighted by molar-refractivity contribution is -0.301. The van der Waals surface area contributed by atoms with Crippen LogP contribution in [0.4, 0.5) is 0 Å². The summed E-state index contributed by atoms with van der Waals surface area (Å²) in [6.07, 6.45) is 11.1. The monoisotopic (exact) mass is 488 g/mol. The first kappa shape index (κ1) is 31.0. The highest BCUT2D eigenvalue weighted by atomic mass is 16.7. The fourth-order valence-electron chi connectivity index (χ4n) is 3.88. The van der Waals surface area contributed by atoms with Crippen molar-refractivity contribution in [2.24, 2.45) is 0 Å². The first-order chi connectivity index (χ1) is 16.4. The summed E-state index contributed by atoms with van der Waals surface area (Å²) in [6.45, 7) is 3.54. The van der Waals surface area contributed by atoms with Gasteiger partial charge in [-0.05, 0) is 32.1 Å². The lowest BCUT2D eigenvalue weighted by Crippen LogP contribution is -2.58. The minimum absolute atomic E-state index is 0.211. The highest BCUT2D eigenvalue weighted by Gasteiger charge is 2.43. The molecule has 0 aliphatic carbocycles. The third-order valence-electron chi connectivity index (χ3n) is 6.10. The Bertz CT molecular complexity index is 539. The van der Waals surface area contributed by atoms with Crippen LogP contribution in [0.25, 0.3) is 0 Å². The van der Waals surface area contributed by atoms with Gasteiger partial charge in [-0.3, -0.25) is 4.79 Å². The van der Waals surface area contributed by atoms with Crippen LogP contribution < -0.4 is 0 Å². The highest BCUT2D eigenvalue weighted by molar-refractivity contribution is 5.69. The second kappa shape index (κ2) is 19.2. The highest BCUT2D eigenvalue weighted by Crippen LogP contribution is 2.24. The van der Waals surface area contributed by atoms with E-state index < -0.39 is 36.8 Å². The first-order valence-corrected chi connectivity index (χ1v) is 13.2. The number of aliphatic hydroxyl groups excluding tert-OH is 4. The lowest BCUT2D eigenvalue weighted by Gasteiger charge is -2.40. The molecule has 0 saturated carbocycles. The van der Waals surface area contributed by atoms with Crippen LogP contribution >= 0.6 is 0 Å². The van der Waals surface area contributed by atoms with Gasteiger partial charge in [-0.15, -0.1) is 0 Å². The average Bonchev–Trinajstić information content (AvgIpc) is 2.83. The van der Waals surface area contributed by atoms with Crippen molar-refractivity contribution < 1.29 is 39.4 Å². The van der Waals surface area contributed by atoms with E-state index in [9.17, 15) is 25.2 Å². The van der Waals surface area contributed by atoms with E-state index in [1.165, 1.54) is 51.4 Å². The summed E-state index contributed by atoms with van der Waals surface area (Å²) in [5.74, 6) is -0.354. The van der Waals surface area contributed by atoms with Gasteiger partial charge >= 0.3 is 5.97 Å². The number of hydrogen-bond donors (Lipinski definition) is 4. The van der Waals surface area contributed by atoms with Gasteiger partial charge < -0.3 is 34.6 Å². The molecule has 0 aromatic carbocycles. The van der Waals surface area contributed by atoms with Crippen molar-refractivity contribution in [1.82, 2.24) is 0 Å². The maximum Gasteiger partial charge on any atom is 0.305 e. The standard InChI is InChI=1S/C26H48O8/c1-3-5-6-7-8-9-10-11-12-13-14-15-16-17-22(28)32-18-20(27)19-33-26-25(31)24(30)23(29)21(4-2)34-26/h7-8,20-21,23-27,29-31H,3-6,9-19H2,1-2H3/b8-7-/t20-,21-,23-,24?,25?,26+/m1/s1. The van der Waals surface area contributed by atoms with Crippen LogP contribution in [0.3, 0.4) is 0 Å². The summed E-state index contributed by atoms with van der Waals surface area (Å²) in [5.41, 5.74) is 0. The molecule has 1 aliphatic heterocycles. The van der Waals surface area contributed by atoms with Gasteiger partial charge in [-0.2, -0.15) is 0 Å². The molecule has 34 heavy (non-hydrogen) atoms. The van der Waals surface area contributed by atoms with Crippen molar-refractivity contribution in [1.29, 1.82) is 0 Å². The molecule has 1 rings (SSSR count). The average molecular weight is 489 g/mol. The van der Waals surface area contributed by atoms with Gasteiger partial charge in [0.05, 0.1) is 12.7 Å². The van der Waals surface area contributed by atoms with Gasteiger partial charge in [0.25, 0.3) is 0 Å². The van der Waals surface area contributed by atoms with Crippen LogP contribution in [0.15, 0.2) is 12.2 Å². The zero-order valence-electron chi connectivity index (χ0n) is 21.1. The summed E-state index contributed by atoms with van der Waals surface area (Å²) < 4.78 is 15.9. The first-order valence-electron chi connectivity index (χ1n) is 13.2. The molecule has 8 heteroatoms. The maximum absolute atomic E-state index is 11.9. The van der Waals surface area contributed by atoms with Crippen LogP contribution in [0.1, 0.15) is 97.3 Å². The summed E-state index contributed by atoms with van der Waals surface area (Å²) in [4.78, 5) is 11.9. The van der Waals surface area contributed by atoms with Crippen molar-refractivity contribution in [3.8, 4) is 0 Å². The topological polar surface area (TPSA) is 126 Å². The van der Waals surface area contributed by atoms with Gasteiger partial charge in [0.2, 0.25) is 0 Å². The number of carbonyl (C=O) groups is 1. The molecule has 4 N–H and O–H groups in total. The van der Waals surface area contributed by atoms with Crippen LogP contribution in [-0.2, 0) is 19.0 Å². The summed E-state index contributed by atoms with van der Waals surface area (Å²) in [7, 11) is 0. The smallest absolute Gasteiger partial charge is 0.305 e. The minimum atomic E-state index is -1.43. The van der Waals surface area contributed by atoms with E-state index in [4.69, 9.17) is 14.2 Å². The Labute approximate surface area is 205 Å². The SMILES string of the molecule is CCCC/C=C\CCCCCCCCCC(=O)OC[C@@H](O)CO[C@H]1O[C@H](CC)[C@@H](O)C(O)C1O. The van der Waals surface area contributed by atoms with Crippen molar-refractivity contribution in [2.75, 3.05) is 13.2 Å². The van der Waals surface area contributed by atoms with E-state index in [0.717, 1.165) is 19.3 Å². The number of aliphatic hydroxyl groups is 4. The Kier molecular flexibility index (Phi) is 17.5. The molecule has 6 atom stereocenters. The minimum Gasteiger partial charge on any atom is -0.463 e. The fourth-order valence-corrected chi connectivity index (χ4v) is 3.88. The zero-order chi connectivity index (χ0) is 25.2. The van der Waals surface area contributed by atoms with E-state index in [2.05, 4.69) is 19.1 Å². The van der Waals surface area contributed by atoms with Crippen LogP contribution in [-0.4, -0.2) is 76.4 Å². The molecule has 0 radical (unpaired) electrons. The predicted molar refractivity (Wildman–Crippen MR) is 130 cm³/mol. The van der Waals surface area contributed by atoms with E-state index in [1.807, 2.05) is 0 Å². The molecule has 1 saturated heterocycles. The molecule has 0 aromatic heterocycles. The Morgan fingerprint density at radius 2 is 1.47 bits per heavy atom. The van der Waals surface area contributed by atoms with Gasteiger partial charge in [0, 0.05) is 6.42 Å². The number of carbonyl (C=O) groups excluding carboxylic acids is 1. The zero-order valence-corrected chi connectivity index (χ0v) is 21.1. The van der Waals surface area contributed by atoms with Crippen molar-refractivity contribution in [3.63, 3.8) is 0 Å². The number of unbranched alkanes of at least 4 members (excludes halogenated alkanes) is 9. The van der Waals surface area contributed by atoms with Crippen molar-refractivity contribution >= 4 is 5.97 Å². The largest absolute Gasteiger partial charge is 0.463 e. The van der Waals surface area contributed by atoms with E-state index in [-0.39, 0.29) is 19.2 Å². The lowest BCUT2D eigenvalue weighted by atomic mass is 9.97. The van der Waals surface area contributed by atoms with Crippen LogP contribution in [0.2, 0.25) is 0 Å². The molecule has 1 aliphatic rings. The normalized spacial score (nSPS) is 26.1. The Balaban J connectivity index is 2.01. The number of allylic oxidation sites excluding steroid dienone is 2. The predicted octanol–water partition coefficient (Wildman–Crippen LogP) is 3.38. The van der Waals surface area contributed by atoms with Crippen molar-refractivity contribution in [2.45, 2.75) is 134 Å². The molecule has 1 heterocycles. The summed E-state index contributed by atoms with van der Waals surface area (Å²) in [6, 6.07) is 0. The Morgan fingerprint density at radius 3 is 2.12 bits per heavy atom. The Morgan fingerprint density at radius 1 is 0.853 bits per heavy atom. The van der Waals surface area contributed by atoms with Crippen LogP contribution in [0.5, 0.6) is 0 Å². The quantitative estimate of drug-likeness (QED) is 0.124. The maximum atomic E-state index is 11.9. The molecule has 8 nitrogen and oxygen atoms in total. The van der Waals surface area contributed by atoms with Gasteiger partial charge in [-0.1, -0.05) is 70.9 Å². The summed E-state index contributed by atoms with van der Waals surface area (Å²) in [5, 5.41) is 39.7. The molecule has 0 amide bonds. The second-order valence-electron chi connectivity index (χ2n) is 9.22. The number of ether oxygens (including phenoxy) is 3. The molecule has 0 spiro atoms. The third-order valence-corrected chi connectivity index (χ3v) is 6.10. The van der Waals surface area contributed by atoms with Crippen LogP contribution in [0, 0.1) is 0 Å². The summed E-state index contributed by atoms with van der Waals surface area (Å²) >= 11 is 0. The molecular weight excluding hydrogens is 440 g/mol.